The van der Waals surface area contributed by atoms with Gasteiger partial charge in [-0.2, -0.15) is 5.26 Å². The second-order valence-corrected chi connectivity index (χ2v) is 8.62. The van der Waals surface area contributed by atoms with Crippen LogP contribution in [-0.4, -0.2) is 23.8 Å². The maximum absolute atomic E-state index is 12.6. The summed E-state index contributed by atoms with van der Waals surface area (Å²) >= 11 is 0. The van der Waals surface area contributed by atoms with E-state index in [1.54, 1.807) is 0 Å². The molecule has 3 rings (SSSR count). The van der Waals surface area contributed by atoms with Gasteiger partial charge in [-0.05, 0) is 43.2 Å². The molecule has 0 spiro atoms. The maximum atomic E-state index is 12.6. The maximum Gasteiger partial charge on any atom is 0.178 e. The lowest BCUT2D eigenvalue weighted by atomic mass is 9.52. The molecule has 3 heteroatoms. The number of benzene rings is 1. The SMILES string of the molecule is CN(Cc1ccccc1)[C@H]1CC[C@@H]2C(C)(C)C(=O)C(C#N)=C[C@]2(C)C1. The number of allylic oxidation sites excluding steroid dienone is 2. The molecule has 0 amide bonds. The molecule has 2 aliphatic rings. The van der Waals surface area contributed by atoms with Crippen molar-refractivity contribution in [2.75, 3.05) is 7.05 Å². The minimum Gasteiger partial charge on any atom is -0.299 e. The summed E-state index contributed by atoms with van der Waals surface area (Å²) in [7, 11) is 2.19. The van der Waals surface area contributed by atoms with E-state index in [2.05, 4.69) is 49.2 Å². The molecule has 0 heterocycles. The number of carbonyl (C=O) groups is 1. The van der Waals surface area contributed by atoms with Crippen molar-refractivity contribution in [3.05, 3.63) is 47.5 Å². The number of fused-ring (bicyclic) bond motifs is 1. The third-order valence-corrected chi connectivity index (χ3v) is 6.45. The molecule has 0 unspecified atom stereocenters. The van der Waals surface area contributed by atoms with E-state index in [1.165, 1.54) is 5.56 Å². The zero-order valence-corrected chi connectivity index (χ0v) is 15.7. The fraction of sp³-hybridized carbons (Fsp3) is 0.545. The predicted molar refractivity (Wildman–Crippen MR) is 99.6 cm³/mol. The van der Waals surface area contributed by atoms with Crippen LogP contribution in [0.2, 0.25) is 0 Å². The molecule has 1 saturated carbocycles. The molecule has 1 fully saturated rings. The fourth-order valence-electron chi connectivity index (χ4n) is 5.15. The van der Waals surface area contributed by atoms with Crippen LogP contribution >= 0.6 is 0 Å². The monoisotopic (exact) mass is 336 g/mol. The molecule has 0 bridgehead atoms. The van der Waals surface area contributed by atoms with Gasteiger partial charge in [-0.15, -0.1) is 0 Å². The first-order chi connectivity index (χ1) is 11.8. The van der Waals surface area contributed by atoms with Gasteiger partial charge in [0.25, 0.3) is 0 Å². The molecule has 25 heavy (non-hydrogen) atoms. The standard InChI is InChI=1S/C22H28N2O/c1-21(2)19-11-10-18(24(4)15-16-8-6-5-7-9-16)13-22(19,3)12-17(14-23)20(21)25/h5-9,12,18-19H,10-11,13,15H2,1-4H3/t18-,19+,22+/m0/s1. The van der Waals surface area contributed by atoms with E-state index >= 15 is 0 Å². The van der Waals surface area contributed by atoms with Crippen LogP contribution in [0.3, 0.4) is 0 Å². The Bertz CT molecular complexity index is 728. The highest BCUT2D eigenvalue weighted by atomic mass is 16.1. The van der Waals surface area contributed by atoms with Gasteiger partial charge in [-0.25, -0.2) is 0 Å². The second-order valence-electron chi connectivity index (χ2n) is 8.62. The zero-order chi connectivity index (χ0) is 18.2. The van der Waals surface area contributed by atoms with E-state index in [0.29, 0.717) is 17.5 Å². The number of rotatable bonds is 3. The van der Waals surface area contributed by atoms with Crippen molar-refractivity contribution in [2.45, 2.75) is 52.6 Å². The molecule has 1 aromatic carbocycles. The van der Waals surface area contributed by atoms with Crippen molar-refractivity contribution in [3.8, 4) is 6.07 Å². The quantitative estimate of drug-likeness (QED) is 0.824. The molecular formula is C22H28N2O. The molecule has 0 radical (unpaired) electrons. The average Bonchev–Trinajstić information content (AvgIpc) is 2.58. The Hall–Kier alpha value is -1.92. The molecule has 0 aromatic heterocycles. The predicted octanol–water partition coefficient (Wildman–Crippen LogP) is 4.35. The van der Waals surface area contributed by atoms with Gasteiger partial charge in [-0.1, -0.05) is 57.2 Å². The van der Waals surface area contributed by atoms with Crippen molar-refractivity contribution in [1.29, 1.82) is 5.26 Å². The molecule has 3 atom stereocenters. The lowest BCUT2D eigenvalue weighted by Gasteiger charge is -2.53. The van der Waals surface area contributed by atoms with Gasteiger partial charge < -0.3 is 0 Å². The van der Waals surface area contributed by atoms with E-state index in [1.807, 2.05) is 26.0 Å². The average molecular weight is 336 g/mol. The van der Waals surface area contributed by atoms with Crippen LogP contribution in [0.5, 0.6) is 0 Å². The topological polar surface area (TPSA) is 44.1 Å². The van der Waals surface area contributed by atoms with Gasteiger partial charge in [0.2, 0.25) is 0 Å². The van der Waals surface area contributed by atoms with Crippen LogP contribution in [0.1, 0.15) is 45.6 Å². The van der Waals surface area contributed by atoms with Crippen molar-refractivity contribution in [3.63, 3.8) is 0 Å². The minimum atomic E-state index is -0.447. The Kier molecular flexibility index (Phi) is 4.60. The summed E-state index contributed by atoms with van der Waals surface area (Å²) in [6.07, 6.45) is 5.13. The Balaban J connectivity index is 1.82. The highest BCUT2D eigenvalue weighted by Crippen LogP contribution is 2.55. The first-order valence-electron chi connectivity index (χ1n) is 9.20. The lowest BCUT2D eigenvalue weighted by Crippen LogP contribution is -2.52. The third-order valence-electron chi connectivity index (χ3n) is 6.45. The van der Waals surface area contributed by atoms with Crippen LogP contribution in [-0.2, 0) is 11.3 Å². The number of hydrogen-bond acceptors (Lipinski definition) is 3. The number of nitrogens with zero attached hydrogens (tertiary/aromatic N) is 2. The van der Waals surface area contributed by atoms with Gasteiger partial charge in [0.1, 0.15) is 6.07 Å². The zero-order valence-electron chi connectivity index (χ0n) is 15.7. The van der Waals surface area contributed by atoms with E-state index in [9.17, 15) is 10.1 Å². The summed E-state index contributed by atoms with van der Waals surface area (Å²) in [6.45, 7) is 7.22. The van der Waals surface area contributed by atoms with Crippen LogP contribution in [0, 0.1) is 28.1 Å². The highest BCUT2D eigenvalue weighted by Gasteiger charge is 2.53. The summed E-state index contributed by atoms with van der Waals surface area (Å²) in [5.74, 6) is 0.333. The number of Topliss-reactive ketones (excluding diaryl/α,β-unsaturated/α-hetero) is 1. The van der Waals surface area contributed by atoms with Crippen LogP contribution in [0.4, 0.5) is 0 Å². The van der Waals surface area contributed by atoms with E-state index in [4.69, 9.17) is 0 Å². The van der Waals surface area contributed by atoms with Crippen molar-refractivity contribution < 1.29 is 4.79 Å². The summed E-state index contributed by atoms with van der Waals surface area (Å²) in [5.41, 5.74) is 1.15. The van der Waals surface area contributed by atoms with Crippen molar-refractivity contribution in [1.82, 2.24) is 4.90 Å². The van der Waals surface area contributed by atoms with Crippen molar-refractivity contribution >= 4 is 5.78 Å². The first-order valence-corrected chi connectivity index (χ1v) is 9.20. The molecule has 2 aliphatic carbocycles. The van der Waals surface area contributed by atoms with Crippen LogP contribution < -0.4 is 0 Å². The summed E-state index contributed by atoms with van der Waals surface area (Å²) in [4.78, 5) is 15.1. The second kappa shape index (κ2) is 6.42. The number of hydrogen-bond donors (Lipinski definition) is 0. The smallest absolute Gasteiger partial charge is 0.178 e. The fourth-order valence-corrected chi connectivity index (χ4v) is 5.15. The molecular weight excluding hydrogens is 308 g/mol. The van der Waals surface area contributed by atoms with Gasteiger partial charge in [0.15, 0.2) is 5.78 Å². The van der Waals surface area contributed by atoms with Crippen LogP contribution in [0.15, 0.2) is 42.0 Å². The van der Waals surface area contributed by atoms with Gasteiger partial charge in [0.05, 0.1) is 5.57 Å². The van der Waals surface area contributed by atoms with Gasteiger partial charge in [-0.3, -0.25) is 9.69 Å². The largest absolute Gasteiger partial charge is 0.299 e. The summed E-state index contributed by atoms with van der Waals surface area (Å²) < 4.78 is 0. The normalized spacial score (nSPS) is 31.2. The minimum absolute atomic E-state index is 0.0218. The Morgan fingerprint density at radius 1 is 1.20 bits per heavy atom. The molecule has 0 saturated heterocycles. The van der Waals surface area contributed by atoms with Gasteiger partial charge in [0, 0.05) is 18.0 Å². The Labute approximate surface area is 151 Å². The number of carbonyl (C=O) groups excluding carboxylic acids is 1. The number of nitriles is 1. The molecule has 0 aliphatic heterocycles. The summed E-state index contributed by atoms with van der Waals surface area (Å²) in [6, 6.07) is 13.2. The number of ketones is 1. The Morgan fingerprint density at radius 2 is 1.88 bits per heavy atom. The molecule has 3 nitrogen and oxygen atoms in total. The van der Waals surface area contributed by atoms with E-state index in [-0.39, 0.29) is 11.2 Å². The molecule has 0 N–H and O–H groups in total. The van der Waals surface area contributed by atoms with Crippen molar-refractivity contribution in [2.24, 2.45) is 16.7 Å². The Morgan fingerprint density at radius 3 is 2.52 bits per heavy atom. The van der Waals surface area contributed by atoms with E-state index < -0.39 is 5.41 Å². The summed E-state index contributed by atoms with van der Waals surface area (Å²) in [5, 5.41) is 9.42. The highest BCUT2D eigenvalue weighted by molar-refractivity contribution is 6.04. The lowest BCUT2D eigenvalue weighted by molar-refractivity contribution is -0.132. The van der Waals surface area contributed by atoms with E-state index in [0.717, 1.165) is 25.8 Å². The first kappa shape index (κ1) is 17.9. The van der Waals surface area contributed by atoms with Gasteiger partial charge >= 0.3 is 0 Å². The third kappa shape index (κ3) is 3.16. The molecule has 132 valence electrons. The molecule has 1 aromatic rings. The van der Waals surface area contributed by atoms with Crippen LogP contribution in [0.25, 0.3) is 0 Å².